The highest BCUT2D eigenvalue weighted by atomic mass is 35.5. The van der Waals surface area contributed by atoms with Crippen LogP contribution in [0.3, 0.4) is 0 Å². The van der Waals surface area contributed by atoms with Crippen LogP contribution in [-0.2, 0) is 16.4 Å². The van der Waals surface area contributed by atoms with E-state index in [-0.39, 0.29) is 5.03 Å². The molecule has 3 aromatic rings. The highest BCUT2D eigenvalue weighted by Crippen LogP contribution is 2.24. The maximum atomic E-state index is 12.6. The van der Waals surface area contributed by atoms with E-state index in [0.717, 1.165) is 11.4 Å². The van der Waals surface area contributed by atoms with Crippen LogP contribution < -0.4 is 4.72 Å². The standard InChI is InChI=1S/C13H13ClN4O2S2/c1-3-11-16-18-12(8(2)15-13(18)21-11)22(19,20)17-10-6-4-9(14)5-7-10/h4-7,17H,3H2,1-2H3. The summed E-state index contributed by atoms with van der Waals surface area (Å²) in [4.78, 5) is 4.86. The number of nitrogens with one attached hydrogen (secondary N) is 1. The first-order valence-corrected chi connectivity index (χ1v) is 9.22. The molecule has 3 rings (SSSR count). The number of fused-ring (bicyclic) bond motifs is 1. The fourth-order valence-corrected chi connectivity index (χ4v) is 4.44. The van der Waals surface area contributed by atoms with Gasteiger partial charge in [-0.2, -0.15) is 18.0 Å². The first kappa shape index (κ1) is 15.3. The zero-order valence-corrected chi connectivity index (χ0v) is 14.3. The second-order valence-corrected chi connectivity index (χ2v) is 7.73. The summed E-state index contributed by atoms with van der Waals surface area (Å²) in [5, 5.41) is 5.75. The molecule has 0 aliphatic heterocycles. The van der Waals surface area contributed by atoms with Crippen molar-refractivity contribution in [2.24, 2.45) is 0 Å². The van der Waals surface area contributed by atoms with Gasteiger partial charge >= 0.3 is 0 Å². The van der Waals surface area contributed by atoms with Crippen molar-refractivity contribution < 1.29 is 8.42 Å². The zero-order chi connectivity index (χ0) is 15.9. The number of benzene rings is 1. The SMILES string of the molecule is CCc1nn2c(S(=O)(=O)Nc3ccc(Cl)cc3)c(C)nc2s1. The quantitative estimate of drug-likeness (QED) is 0.779. The van der Waals surface area contributed by atoms with Crippen molar-refractivity contribution >= 4 is 43.6 Å². The van der Waals surface area contributed by atoms with Crippen LogP contribution in [0.1, 0.15) is 17.6 Å². The molecule has 9 heteroatoms. The van der Waals surface area contributed by atoms with Gasteiger partial charge in [0.2, 0.25) is 9.99 Å². The molecule has 0 spiro atoms. The van der Waals surface area contributed by atoms with Gasteiger partial charge in [-0.05, 0) is 37.6 Å². The molecule has 0 saturated carbocycles. The average molecular weight is 357 g/mol. The van der Waals surface area contributed by atoms with E-state index in [1.807, 2.05) is 6.92 Å². The maximum absolute atomic E-state index is 12.6. The summed E-state index contributed by atoms with van der Waals surface area (Å²) in [5.74, 6) is 0. The van der Waals surface area contributed by atoms with E-state index in [2.05, 4.69) is 14.8 Å². The van der Waals surface area contributed by atoms with Gasteiger partial charge in [0.15, 0.2) is 0 Å². The number of hydrogen-bond acceptors (Lipinski definition) is 5. The molecule has 0 bridgehead atoms. The van der Waals surface area contributed by atoms with Gasteiger partial charge in [-0.3, -0.25) is 4.72 Å². The molecule has 0 atom stereocenters. The molecule has 0 radical (unpaired) electrons. The van der Waals surface area contributed by atoms with Gasteiger partial charge in [0.25, 0.3) is 10.0 Å². The molecule has 0 aliphatic rings. The van der Waals surface area contributed by atoms with Gasteiger partial charge in [-0.1, -0.05) is 29.9 Å². The number of aryl methyl sites for hydroxylation is 2. The highest BCUT2D eigenvalue weighted by Gasteiger charge is 2.25. The van der Waals surface area contributed by atoms with E-state index in [1.165, 1.54) is 15.9 Å². The molecule has 1 aromatic carbocycles. The summed E-state index contributed by atoms with van der Waals surface area (Å²) in [6, 6.07) is 6.45. The van der Waals surface area contributed by atoms with Gasteiger partial charge in [0.1, 0.15) is 5.01 Å². The molecule has 22 heavy (non-hydrogen) atoms. The third-order valence-electron chi connectivity index (χ3n) is 3.02. The second kappa shape index (κ2) is 5.53. The lowest BCUT2D eigenvalue weighted by Crippen LogP contribution is -2.16. The summed E-state index contributed by atoms with van der Waals surface area (Å²) >= 11 is 7.19. The normalized spacial score (nSPS) is 12.0. The van der Waals surface area contributed by atoms with Crippen molar-refractivity contribution in [2.45, 2.75) is 25.3 Å². The van der Waals surface area contributed by atoms with Crippen LogP contribution in [0.2, 0.25) is 5.02 Å². The van der Waals surface area contributed by atoms with Crippen molar-refractivity contribution in [3.63, 3.8) is 0 Å². The Morgan fingerprint density at radius 1 is 1.32 bits per heavy atom. The Balaban J connectivity index is 2.06. The van der Waals surface area contributed by atoms with Crippen LogP contribution in [0, 0.1) is 6.92 Å². The number of sulfonamides is 1. The molecule has 116 valence electrons. The summed E-state index contributed by atoms with van der Waals surface area (Å²) in [6.07, 6.45) is 0.733. The molecule has 0 unspecified atom stereocenters. The van der Waals surface area contributed by atoms with Gasteiger partial charge in [0.05, 0.1) is 5.69 Å². The van der Waals surface area contributed by atoms with E-state index >= 15 is 0 Å². The number of anilines is 1. The Bertz CT molecular complexity index is 929. The monoisotopic (exact) mass is 356 g/mol. The molecular formula is C13H13ClN4O2S2. The summed E-state index contributed by atoms with van der Waals surface area (Å²) in [5.41, 5.74) is 0.854. The summed E-state index contributed by atoms with van der Waals surface area (Å²) in [6.45, 7) is 3.62. The van der Waals surface area contributed by atoms with Crippen molar-refractivity contribution in [1.29, 1.82) is 0 Å². The van der Waals surface area contributed by atoms with E-state index in [1.54, 1.807) is 31.2 Å². The molecule has 6 nitrogen and oxygen atoms in total. The Morgan fingerprint density at radius 2 is 2.00 bits per heavy atom. The second-order valence-electron chi connectivity index (χ2n) is 4.66. The molecule has 1 N–H and O–H groups in total. The summed E-state index contributed by atoms with van der Waals surface area (Å²) < 4.78 is 29.2. The van der Waals surface area contributed by atoms with Crippen LogP contribution in [0.25, 0.3) is 4.96 Å². The lowest BCUT2D eigenvalue weighted by atomic mass is 10.3. The van der Waals surface area contributed by atoms with Gasteiger partial charge in [0, 0.05) is 10.7 Å². The minimum absolute atomic E-state index is 0.0633. The first-order valence-electron chi connectivity index (χ1n) is 6.54. The maximum Gasteiger partial charge on any atom is 0.281 e. The van der Waals surface area contributed by atoms with Crippen molar-refractivity contribution in [2.75, 3.05) is 4.72 Å². The predicted molar refractivity (Wildman–Crippen MR) is 87.2 cm³/mol. The highest BCUT2D eigenvalue weighted by molar-refractivity contribution is 7.92. The fourth-order valence-electron chi connectivity index (χ4n) is 2.04. The third kappa shape index (κ3) is 2.69. The van der Waals surface area contributed by atoms with Crippen LogP contribution in [-0.4, -0.2) is 23.0 Å². The number of imidazole rings is 1. The van der Waals surface area contributed by atoms with E-state index < -0.39 is 10.0 Å². The molecule has 0 saturated heterocycles. The molecular weight excluding hydrogens is 344 g/mol. The van der Waals surface area contributed by atoms with Crippen LogP contribution in [0.4, 0.5) is 5.69 Å². The number of rotatable bonds is 4. The van der Waals surface area contributed by atoms with Gasteiger partial charge in [-0.15, -0.1) is 0 Å². The van der Waals surface area contributed by atoms with Crippen molar-refractivity contribution in [3.8, 4) is 0 Å². The molecule has 0 amide bonds. The number of hydrogen-bond donors (Lipinski definition) is 1. The Kier molecular flexibility index (Phi) is 3.84. The minimum Gasteiger partial charge on any atom is -0.278 e. The largest absolute Gasteiger partial charge is 0.281 e. The van der Waals surface area contributed by atoms with Crippen molar-refractivity contribution in [1.82, 2.24) is 14.6 Å². The third-order valence-corrected chi connectivity index (χ3v) is 5.81. The Hall–Kier alpha value is -1.64. The van der Waals surface area contributed by atoms with E-state index in [4.69, 9.17) is 11.6 Å². The average Bonchev–Trinajstić information content (AvgIpc) is 2.96. The fraction of sp³-hybridized carbons (Fsp3) is 0.231. The van der Waals surface area contributed by atoms with E-state index in [9.17, 15) is 8.42 Å². The minimum atomic E-state index is -3.78. The molecule has 0 aliphatic carbocycles. The Morgan fingerprint density at radius 3 is 2.64 bits per heavy atom. The van der Waals surface area contributed by atoms with Crippen LogP contribution in [0.5, 0.6) is 0 Å². The first-order chi connectivity index (χ1) is 10.4. The van der Waals surface area contributed by atoms with Gasteiger partial charge < -0.3 is 0 Å². The lowest BCUT2D eigenvalue weighted by molar-refractivity contribution is 0.592. The predicted octanol–water partition coefficient (Wildman–Crippen LogP) is 3.12. The Labute approximate surface area is 136 Å². The molecule has 0 fully saturated rings. The van der Waals surface area contributed by atoms with Gasteiger partial charge in [-0.25, -0.2) is 4.98 Å². The van der Waals surface area contributed by atoms with Crippen LogP contribution in [0.15, 0.2) is 29.3 Å². The number of aromatic nitrogens is 3. The number of nitrogens with zero attached hydrogens (tertiary/aromatic N) is 3. The van der Waals surface area contributed by atoms with E-state index in [0.29, 0.717) is 21.4 Å². The lowest BCUT2D eigenvalue weighted by Gasteiger charge is -2.07. The van der Waals surface area contributed by atoms with Crippen LogP contribution >= 0.6 is 22.9 Å². The molecule has 2 heterocycles. The van der Waals surface area contributed by atoms with Crippen molar-refractivity contribution in [3.05, 3.63) is 40.0 Å². The zero-order valence-electron chi connectivity index (χ0n) is 11.9. The number of halogens is 1. The smallest absolute Gasteiger partial charge is 0.278 e. The molecule has 2 aromatic heterocycles. The topological polar surface area (TPSA) is 76.4 Å². The summed E-state index contributed by atoms with van der Waals surface area (Å²) in [7, 11) is -3.78.